The Morgan fingerprint density at radius 2 is 1.58 bits per heavy atom. The van der Waals surface area contributed by atoms with Gasteiger partial charge in [0.15, 0.2) is 0 Å². The van der Waals surface area contributed by atoms with E-state index in [1.807, 2.05) is 0 Å². The molecule has 0 saturated heterocycles. The van der Waals surface area contributed by atoms with Gasteiger partial charge in [-0.2, -0.15) is 0 Å². The van der Waals surface area contributed by atoms with Gasteiger partial charge in [-0.3, -0.25) is 0 Å². The highest BCUT2D eigenvalue weighted by molar-refractivity contribution is 6.52. The molecule has 0 radical (unpaired) electrons. The highest BCUT2D eigenvalue weighted by atomic mass is 35.5. The lowest BCUT2D eigenvalue weighted by atomic mass is 9.95. The average Bonchev–Trinajstić information content (AvgIpc) is 2.42. The smallest absolute Gasteiger partial charge is 0.339 e. The third-order valence-corrected chi connectivity index (χ3v) is 3.28. The van der Waals surface area contributed by atoms with Crippen molar-refractivity contribution in [2.24, 2.45) is 0 Å². The van der Waals surface area contributed by atoms with Crippen LogP contribution in [0.1, 0.15) is 25.7 Å². The number of esters is 1. The predicted molar refractivity (Wildman–Crippen MR) is 71.5 cm³/mol. The molecule has 112 valence electrons. The molecule has 19 heavy (non-hydrogen) atoms. The van der Waals surface area contributed by atoms with Gasteiger partial charge < -0.3 is 19.3 Å². The van der Waals surface area contributed by atoms with Gasteiger partial charge in [-0.1, -0.05) is 23.2 Å². The number of aliphatic hydroxyl groups excluding tert-OH is 1. The first-order valence-electron chi connectivity index (χ1n) is 6.42. The van der Waals surface area contributed by atoms with E-state index >= 15 is 0 Å². The fourth-order valence-corrected chi connectivity index (χ4v) is 2.13. The Bertz CT molecular complexity index is 255. The summed E-state index contributed by atoms with van der Waals surface area (Å²) in [5.41, 5.74) is 0. The molecule has 0 spiro atoms. The second kappa shape index (κ2) is 9.77. The van der Waals surface area contributed by atoms with Crippen LogP contribution in [0.3, 0.4) is 0 Å². The maximum atomic E-state index is 11.0. The van der Waals surface area contributed by atoms with Gasteiger partial charge in [0.05, 0.1) is 32.0 Å². The van der Waals surface area contributed by atoms with Gasteiger partial charge in [-0.25, -0.2) is 4.79 Å². The lowest BCUT2D eigenvalue weighted by molar-refractivity contribution is -0.144. The van der Waals surface area contributed by atoms with Crippen LogP contribution in [-0.2, 0) is 19.0 Å². The van der Waals surface area contributed by atoms with Crippen molar-refractivity contribution in [3.05, 3.63) is 0 Å². The van der Waals surface area contributed by atoms with Gasteiger partial charge >= 0.3 is 5.97 Å². The summed E-state index contributed by atoms with van der Waals surface area (Å²) >= 11 is 10.7. The molecule has 1 aliphatic carbocycles. The molecule has 7 heteroatoms. The van der Waals surface area contributed by atoms with E-state index in [1.165, 1.54) is 0 Å². The van der Waals surface area contributed by atoms with Crippen molar-refractivity contribution >= 4 is 29.2 Å². The van der Waals surface area contributed by atoms with E-state index in [0.717, 1.165) is 25.7 Å². The number of hydrogen-bond acceptors (Lipinski definition) is 5. The fraction of sp³-hybridized carbons (Fsp3) is 0.917. The summed E-state index contributed by atoms with van der Waals surface area (Å²) in [5, 5.41) is 8.67. The minimum Gasteiger partial charge on any atom is -0.461 e. The Kier molecular flexibility index (Phi) is 8.74. The van der Waals surface area contributed by atoms with Gasteiger partial charge in [0.1, 0.15) is 6.61 Å². The summed E-state index contributed by atoms with van der Waals surface area (Å²) in [5.74, 6) is -0.645. The number of hydrogen-bond donors (Lipinski definition) is 1. The first-order valence-corrected chi connectivity index (χ1v) is 7.29. The van der Waals surface area contributed by atoms with Crippen LogP contribution >= 0.6 is 23.2 Å². The number of ether oxygens (including phenoxy) is 3. The van der Waals surface area contributed by atoms with E-state index in [2.05, 4.69) is 0 Å². The molecular weight excluding hydrogens is 295 g/mol. The zero-order valence-corrected chi connectivity index (χ0v) is 12.2. The predicted octanol–water partition coefficient (Wildman–Crippen LogP) is 1.67. The fourth-order valence-electron chi connectivity index (χ4n) is 2.00. The maximum absolute atomic E-state index is 11.0. The molecular formula is C12H20Cl2O5. The van der Waals surface area contributed by atoms with Gasteiger partial charge in [-0.15, -0.1) is 0 Å². The van der Waals surface area contributed by atoms with E-state index in [4.69, 9.17) is 42.5 Å². The molecule has 0 amide bonds. The molecule has 1 fully saturated rings. The van der Waals surface area contributed by atoms with Crippen LogP contribution in [0.5, 0.6) is 0 Å². The first-order chi connectivity index (χ1) is 9.13. The monoisotopic (exact) mass is 314 g/mol. The number of rotatable bonds is 8. The van der Waals surface area contributed by atoms with E-state index in [1.54, 1.807) is 0 Å². The number of carbonyl (C=O) groups is 1. The minimum atomic E-state index is -1.14. The van der Waals surface area contributed by atoms with Crippen LogP contribution in [0.4, 0.5) is 0 Å². The molecule has 0 aromatic rings. The molecule has 0 atom stereocenters. The van der Waals surface area contributed by atoms with Gasteiger partial charge in [-0.05, 0) is 25.7 Å². The topological polar surface area (TPSA) is 65.0 Å². The van der Waals surface area contributed by atoms with Crippen molar-refractivity contribution in [1.82, 2.24) is 0 Å². The van der Waals surface area contributed by atoms with Crippen molar-refractivity contribution in [2.45, 2.75) is 42.7 Å². The number of alkyl halides is 2. The van der Waals surface area contributed by atoms with Crippen molar-refractivity contribution in [1.29, 1.82) is 0 Å². The Morgan fingerprint density at radius 3 is 2.05 bits per heavy atom. The van der Waals surface area contributed by atoms with Crippen molar-refractivity contribution < 1.29 is 24.1 Å². The molecule has 1 rings (SSSR count). The minimum absolute atomic E-state index is 0.0595. The number of halogens is 2. The molecule has 0 aromatic carbocycles. The van der Waals surface area contributed by atoms with Crippen LogP contribution in [0.2, 0.25) is 0 Å². The SMILES string of the molecule is O=C(OCCOC1CCC(OCCO)CC1)C(Cl)Cl. The van der Waals surface area contributed by atoms with Crippen LogP contribution in [0.25, 0.3) is 0 Å². The van der Waals surface area contributed by atoms with Crippen molar-refractivity contribution in [2.75, 3.05) is 26.4 Å². The molecule has 0 bridgehead atoms. The van der Waals surface area contributed by atoms with E-state index in [-0.39, 0.29) is 25.4 Å². The summed E-state index contributed by atoms with van der Waals surface area (Å²) in [6, 6.07) is 0. The quantitative estimate of drug-likeness (QED) is 0.419. The van der Waals surface area contributed by atoms with Crippen LogP contribution in [-0.4, -0.2) is 54.5 Å². The number of aliphatic hydroxyl groups is 1. The third-order valence-electron chi connectivity index (χ3n) is 2.93. The van der Waals surface area contributed by atoms with Crippen molar-refractivity contribution in [3.63, 3.8) is 0 Å². The van der Waals surface area contributed by atoms with Gasteiger partial charge in [0, 0.05) is 0 Å². The summed E-state index contributed by atoms with van der Waals surface area (Å²) in [6.45, 7) is 0.961. The Hall–Kier alpha value is -0.0700. The lowest BCUT2D eigenvalue weighted by Crippen LogP contribution is -2.28. The Labute approximate surface area is 123 Å². The highest BCUT2D eigenvalue weighted by Gasteiger charge is 2.22. The van der Waals surface area contributed by atoms with Gasteiger partial charge in [0.2, 0.25) is 4.84 Å². The Balaban J connectivity index is 2.02. The molecule has 0 heterocycles. The summed E-state index contributed by atoms with van der Waals surface area (Å²) in [7, 11) is 0. The van der Waals surface area contributed by atoms with Crippen LogP contribution in [0, 0.1) is 0 Å². The van der Waals surface area contributed by atoms with Gasteiger partial charge in [0.25, 0.3) is 0 Å². The number of carbonyl (C=O) groups excluding carboxylic acids is 1. The second-order valence-corrected chi connectivity index (χ2v) is 5.43. The molecule has 1 N–H and O–H groups in total. The van der Waals surface area contributed by atoms with Crippen LogP contribution < -0.4 is 0 Å². The second-order valence-electron chi connectivity index (χ2n) is 4.33. The molecule has 0 unspecified atom stereocenters. The zero-order valence-electron chi connectivity index (χ0n) is 10.7. The maximum Gasteiger partial charge on any atom is 0.339 e. The summed E-state index contributed by atoms with van der Waals surface area (Å²) in [4.78, 5) is 9.82. The average molecular weight is 315 g/mol. The Morgan fingerprint density at radius 1 is 1.05 bits per heavy atom. The molecule has 1 aliphatic rings. The highest BCUT2D eigenvalue weighted by Crippen LogP contribution is 2.23. The summed E-state index contributed by atoms with van der Waals surface area (Å²) in [6.07, 6.45) is 4.08. The van der Waals surface area contributed by atoms with E-state index < -0.39 is 10.8 Å². The van der Waals surface area contributed by atoms with Crippen molar-refractivity contribution in [3.8, 4) is 0 Å². The molecule has 1 saturated carbocycles. The van der Waals surface area contributed by atoms with E-state index in [0.29, 0.717) is 13.2 Å². The van der Waals surface area contributed by atoms with Crippen LogP contribution in [0.15, 0.2) is 0 Å². The lowest BCUT2D eigenvalue weighted by Gasteiger charge is -2.28. The molecule has 5 nitrogen and oxygen atoms in total. The zero-order chi connectivity index (χ0) is 14.1. The summed E-state index contributed by atoms with van der Waals surface area (Å²) < 4.78 is 15.8. The first kappa shape index (κ1) is 17.0. The molecule has 0 aliphatic heterocycles. The third kappa shape index (κ3) is 7.32. The normalized spacial score (nSPS) is 23.6. The largest absolute Gasteiger partial charge is 0.461 e. The molecule has 0 aromatic heterocycles. The van der Waals surface area contributed by atoms with E-state index in [9.17, 15) is 4.79 Å². The standard InChI is InChI=1S/C12H20Cl2O5/c13-11(14)12(16)19-8-7-18-10-3-1-9(2-4-10)17-6-5-15/h9-11,15H,1-8H2.